The zero-order valence-corrected chi connectivity index (χ0v) is 7.87. The average Bonchev–Trinajstić information content (AvgIpc) is 2.14. The summed E-state index contributed by atoms with van der Waals surface area (Å²) in [7, 11) is 0. The molecule has 5 heteroatoms. The lowest BCUT2D eigenvalue weighted by atomic mass is 10.1. The van der Waals surface area contributed by atoms with Crippen molar-refractivity contribution in [1.29, 1.82) is 0 Å². The van der Waals surface area contributed by atoms with Gasteiger partial charge in [0.1, 0.15) is 0 Å². The van der Waals surface area contributed by atoms with Crippen molar-refractivity contribution < 1.29 is 25.4 Å². The first kappa shape index (κ1) is 12.4. The lowest BCUT2D eigenvalue weighted by molar-refractivity contribution is -0.306. The first-order chi connectivity index (χ1) is 5.89. The number of aliphatic hydroxyl groups excluding tert-OH is 1. The molecule has 0 saturated heterocycles. The molecule has 0 aromatic heterocycles. The molecule has 76 valence electrons. The Morgan fingerprint density at radius 1 is 1.08 bits per heavy atom. The molecule has 0 saturated carbocycles. The minimum absolute atomic E-state index is 0.460. The Balaban J connectivity index is 4.55. The Morgan fingerprint density at radius 3 is 1.92 bits per heavy atom. The van der Waals surface area contributed by atoms with Gasteiger partial charge in [0.05, 0.1) is 6.61 Å². The predicted molar refractivity (Wildman–Crippen MR) is 44.8 cm³/mol. The van der Waals surface area contributed by atoms with Crippen molar-refractivity contribution in [2.24, 2.45) is 0 Å². The van der Waals surface area contributed by atoms with Crippen LogP contribution >= 0.6 is 0 Å². The molecular formula is C8H14O5. The Bertz CT molecular complexity index is 208. The summed E-state index contributed by atoms with van der Waals surface area (Å²) in [5.41, 5.74) is -2.41. The van der Waals surface area contributed by atoms with Crippen LogP contribution in [0, 0.1) is 11.8 Å². The van der Waals surface area contributed by atoms with Crippen LogP contribution in [0.5, 0.6) is 0 Å². The highest BCUT2D eigenvalue weighted by atomic mass is 17.1. The van der Waals surface area contributed by atoms with Gasteiger partial charge in [-0.3, -0.25) is 10.5 Å². The van der Waals surface area contributed by atoms with Crippen LogP contribution in [0.25, 0.3) is 0 Å². The Kier molecular flexibility index (Phi) is 4.33. The van der Waals surface area contributed by atoms with Crippen LogP contribution in [0.2, 0.25) is 0 Å². The molecule has 13 heavy (non-hydrogen) atoms. The summed E-state index contributed by atoms with van der Waals surface area (Å²) in [4.78, 5) is 8.00. The molecule has 0 aromatic carbocycles. The minimum atomic E-state index is -1.35. The van der Waals surface area contributed by atoms with Crippen LogP contribution in [0.15, 0.2) is 0 Å². The number of hydrogen-bond acceptors (Lipinski definition) is 5. The Labute approximate surface area is 76.8 Å². The largest absolute Gasteiger partial charge is 0.392 e. The van der Waals surface area contributed by atoms with Crippen LogP contribution < -0.4 is 0 Å². The molecule has 0 radical (unpaired) electrons. The molecule has 0 aliphatic carbocycles. The molecule has 5 nitrogen and oxygen atoms in total. The average molecular weight is 190 g/mol. The summed E-state index contributed by atoms with van der Waals surface area (Å²) in [5.74, 6) is 4.91. The number of aliphatic hydroxyl groups is 1. The minimum Gasteiger partial charge on any atom is -0.392 e. The molecule has 0 aliphatic rings. The molecule has 1 atom stereocenters. The molecule has 0 rings (SSSR count). The number of rotatable bonds is 3. The highest BCUT2D eigenvalue weighted by Crippen LogP contribution is 2.09. The van der Waals surface area contributed by atoms with Gasteiger partial charge in [0, 0.05) is 0 Å². The normalized spacial score (nSPS) is 15.8. The molecule has 0 aliphatic heterocycles. The molecule has 0 heterocycles. The fourth-order valence-electron chi connectivity index (χ4n) is 0.397. The van der Waals surface area contributed by atoms with Gasteiger partial charge < -0.3 is 5.11 Å². The smallest absolute Gasteiger partial charge is 0.183 e. The topological polar surface area (TPSA) is 79.2 Å². The molecule has 3 N–H and O–H groups in total. The second-order valence-corrected chi connectivity index (χ2v) is 3.33. The fraction of sp³-hybridized carbons (Fsp3) is 0.750. The van der Waals surface area contributed by atoms with E-state index in [1.807, 2.05) is 0 Å². The van der Waals surface area contributed by atoms with E-state index in [2.05, 4.69) is 21.6 Å². The Morgan fingerprint density at radius 2 is 1.62 bits per heavy atom. The zero-order valence-electron chi connectivity index (χ0n) is 7.87. The van der Waals surface area contributed by atoms with Crippen molar-refractivity contribution in [2.75, 3.05) is 6.61 Å². The Hall–Kier alpha value is -0.640. The highest BCUT2D eigenvalue weighted by Gasteiger charge is 2.23. The molecule has 0 aromatic rings. The number of hydrogen-bond donors (Lipinski definition) is 3. The molecule has 0 bridgehead atoms. The third-order valence-electron chi connectivity index (χ3n) is 1.36. The van der Waals surface area contributed by atoms with E-state index in [0.717, 1.165) is 0 Å². The van der Waals surface area contributed by atoms with E-state index >= 15 is 0 Å². The fourth-order valence-corrected chi connectivity index (χ4v) is 0.397. The van der Waals surface area contributed by atoms with E-state index in [0.29, 0.717) is 0 Å². The summed E-state index contributed by atoms with van der Waals surface area (Å²) in [6.45, 7) is 3.98. The summed E-state index contributed by atoms with van der Waals surface area (Å²) < 4.78 is 0. The maximum Gasteiger partial charge on any atom is 0.183 e. The van der Waals surface area contributed by atoms with Gasteiger partial charge in [0.15, 0.2) is 11.2 Å². The van der Waals surface area contributed by atoms with Gasteiger partial charge in [0.25, 0.3) is 0 Å². The van der Waals surface area contributed by atoms with Crippen LogP contribution in [0.3, 0.4) is 0 Å². The second-order valence-electron chi connectivity index (χ2n) is 3.33. The predicted octanol–water partition coefficient (Wildman–Crippen LogP) is 0.499. The zero-order chi connectivity index (χ0) is 10.5. The van der Waals surface area contributed by atoms with Crippen LogP contribution in [0.1, 0.15) is 20.8 Å². The summed E-state index contributed by atoms with van der Waals surface area (Å²) in [5, 5.41) is 25.5. The second kappa shape index (κ2) is 4.56. The van der Waals surface area contributed by atoms with Gasteiger partial charge in [-0.25, -0.2) is 9.78 Å². The monoisotopic (exact) mass is 190 g/mol. The van der Waals surface area contributed by atoms with Crippen molar-refractivity contribution in [1.82, 2.24) is 0 Å². The SMILES string of the molecule is CC(C)(C#CC(C)(CO)OO)OO. The van der Waals surface area contributed by atoms with Gasteiger partial charge in [-0.1, -0.05) is 11.8 Å². The first-order valence-electron chi connectivity index (χ1n) is 3.69. The van der Waals surface area contributed by atoms with E-state index in [1.165, 1.54) is 20.8 Å². The van der Waals surface area contributed by atoms with E-state index in [9.17, 15) is 0 Å². The maximum atomic E-state index is 8.76. The van der Waals surface area contributed by atoms with Crippen LogP contribution in [-0.2, 0) is 9.78 Å². The summed E-state index contributed by atoms with van der Waals surface area (Å²) >= 11 is 0. The van der Waals surface area contributed by atoms with Crippen molar-refractivity contribution in [3.8, 4) is 11.8 Å². The third kappa shape index (κ3) is 4.22. The highest BCUT2D eigenvalue weighted by molar-refractivity contribution is 5.18. The van der Waals surface area contributed by atoms with Crippen LogP contribution in [-0.4, -0.2) is 33.4 Å². The van der Waals surface area contributed by atoms with Crippen molar-refractivity contribution in [3.05, 3.63) is 0 Å². The van der Waals surface area contributed by atoms with Gasteiger partial charge >= 0.3 is 0 Å². The molecule has 0 amide bonds. The van der Waals surface area contributed by atoms with Crippen molar-refractivity contribution in [2.45, 2.75) is 32.0 Å². The summed E-state index contributed by atoms with van der Waals surface area (Å²) in [6.07, 6.45) is 0. The summed E-state index contributed by atoms with van der Waals surface area (Å²) in [6, 6.07) is 0. The van der Waals surface area contributed by atoms with E-state index < -0.39 is 17.8 Å². The van der Waals surface area contributed by atoms with Gasteiger partial charge in [-0.05, 0) is 20.8 Å². The maximum absolute atomic E-state index is 8.76. The molecular weight excluding hydrogens is 176 g/mol. The van der Waals surface area contributed by atoms with Crippen molar-refractivity contribution >= 4 is 0 Å². The van der Waals surface area contributed by atoms with Gasteiger partial charge in [0.2, 0.25) is 0 Å². The van der Waals surface area contributed by atoms with Gasteiger partial charge in [-0.2, -0.15) is 0 Å². The third-order valence-corrected chi connectivity index (χ3v) is 1.36. The van der Waals surface area contributed by atoms with Crippen molar-refractivity contribution in [3.63, 3.8) is 0 Å². The van der Waals surface area contributed by atoms with Gasteiger partial charge in [-0.15, -0.1) is 0 Å². The lowest BCUT2D eigenvalue weighted by Crippen LogP contribution is -2.31. The van der Waals surface area contributed by atoms with E-state index in [-0.39, 0.29) is 0 Å². The molecule has 0 spiro atoms. The quantitative estimate of drug-likeness (QED) is 0.343. The van der Waals surface area contributed by atoms with Crippen LogP contribution in [0.4, 0.5) is 0 Å². The molecule has 0 fully saturated rings. The standard InChI is InChI=1S/C8H14O5/c1-7(2,12-10)4-5-8(3,6-9)13-11/h9-11H,6H2,1-3H3. The molecule has 1 unspecified atom stereocenters. The first-order valence-corrected chi connectivity index (χ1v) is 3.69. The lowest BCUT2D eigenvalue weighted by Gasteiger charge is -2.17. The van der Waals surface area contributed by atoms with E-state index in [4.69, 9.17) is 15.6 Å². The van der Waals surface area contributed by atoms with E-state index in [1.54, 1.807) is 0 Å².